The van der Waals surface area contributed by atoms with Gasteiger partial charge in [0.15, 0.2) is 5.78 Å². The predicted octanol–water partition coefficient (Wildman–Crippen LogP) is 0.869. The SMILES string of the molecule is CC(=O)C(=O)c1ccc(O)cc1O. The van der Waals surface area contributed by atoms with Gasteiger partial charge in [-0.1, -0.05) is 0 Å². The summed E-state index contributed by atoms with van der Waals surface area (Å²) in [5.74, 6) is -1.96. The van der Waals surface area contributed by atoms with Gasteiger partial charge in [0.25, 0.3) is 0 Å². The molecule has 1 aromatic rings. The third-order valence-electron chi connectivity index (χ3n) is 1.55. The summed E-state index contributed by atoms with van der Waals surface area (Å²) < 4.78 is 0. The number of phenolic OH excluding ortho intramolecular Hbond substituents is 2. The summed E-state index contributed by atoms with van der Waals surface area (Å²) in [6, 6.07) is 3.44. The molecule has 0 aromatic heterocycles. The quantitative estimate of drug-likeness (QED) is 0.523. The second-order valence-corrected chi connectivity index (χ2v) is 2.59. The van der Waals surface area contributed by atoms with Crippen LogP contribution in [0.1, 0.15) is 17.3 Å². The molecule has 0 unspecified atom stereocenters. The molecule has 0 aliphatic heterocycles. The monoisotopic (exact) mass is 180 g/mol. The van der Waals surface area contributed by atoms with Crippen molar-refractivity contribution in [3.63, 3.8) is 0 Å². The second kappa shape index (κ2) is 3.26. The third-order valence-corrected chi connectivity index (χ3v) is 1.55. The third kappa shape index (κ3) is 1.84. The molecule has 0 aliphatic carbocycles. The Hall–Kier alpha value is -1.84. The minimum atomic E-state index is -0.766. The van der Waals surface area contributed by atoms with Crippen LogP contribution in [0.2, 0.25) is 0 Å². The topological polar surface area (TPSA) is 74.6 Å². The van der Waals surface area contributed by atoms with E-state index in [1.165, 1.54) is 12.1 Å². The lowest BCUT2D eigenvalue weighted by molar-refractivity contribution is -0.113. The van der Waals surface area contributed by atoms with Crippen molar-refractivity contribution in [1.29, 1.82) is 0 Å². The minimum Gasteiger partial charge on any atom is -0.508 e. The maximum Gasteiger partial charge on any atom is 0.231 e. The van der Waals surface area contributed by atoms with Gasteiger partial charge in [-0.25, -0.2) is 0 Å². The summed E-state index contributed by atoms with van der Waals surface area (Å²) in [5.41, 5.74) is -0.0923. The van der Waals surface area contributed by atoms with Crippen LogP contribution < -0.4 is 0 Å². The van der Waals surface area contributed by atoms with Gasteiger partial charge in [0.2, 0.25) is 5.78 Å². The first-order valence-corrected chi connectivity index (χ1v) is 3.59. The Morgan fingerprint density at radius 3 is 2.31 bits per heavy atom. The maximum atomic E-state index is 11.1. The highest BCUT2D eigenvalue weighted by molar-refractivity contribution is 6.43. The molecule has 1 rings (SSSR count). The molecule has 4 heteroatoms. The van der Waals surface area contributed by atoms with Gasteiger partial charge in [-0.3, -0.25) is 9.59 Å². The lowest BCUT2D eigenvalue weighted by Crippen LogP contribution is -2.09. The van der Waals surface area contributed by atoms with E-state index in [1.807, 2.05) is 0 Å². The Morgan fingerprint density at radius 1 is 1.23 bits per heavy atom. The van der Waals surface area contributed by atoms with Crippen LogP contribution in [0.5, 0.6) is 11.5 Å². The molecule has 4 nitrogen and oxygen atoms in total. The molecule has 0 aliphatic rings. The number of aromatic hydroxyl groups is 2. The first-order valence-electron chi connectivity index (χ1n) is 3.59. The Bertz CT molecular complexity index is 368. The van der Waals surface area contributed by atoms with E-state index in [2.05, 4.69) is 0 Å². The van der Waals surface area contributed by atoms with Crippen molar-refractivity contribution < 1.29 is 19.8 Å². The molecule has 0 spiro atoms. The molecule has 68 valence electrons. The second-order valence-electron chi connectivity index (χ2n) is 2.59. The van der Waals surface area contributed by atoms with Crippen molar-refractivity contribution in [3.05, 3.63) is 23.8 Å². The highest BCUT2D eigenvalue weighted by Crippen LogP contribution is 2.22. The largest absolute Gasteiger partial charge is 0.508 e. The van der Waals surface area contributed by atoms with Crippen molar-refractivity contribution in [2.75, 3.05) is 0 Å². The average Bonchev–Trinajstić information content (AvgIpc) is 2.03. The molecule has 0 atom stereocenters. The molecule has 1 aromatic carbocycles. The summed E-state index contributed by atoms with van der Waals surface area (Å²) in [6.45, 7) is 1.12. The summed E-state index contributed by atoms with van der Waals surface area (Å²) in [7, 11) is 0. The van der Waals surface area contributed by atoms with Crippen LogP contribution in [0.3, 0.4) is 0 Å². The predicted molar refractivity (Wildman–Crippen MR) is 44.8 cm³/mol. The van der Waals surface area contributed by atoms with E-state index in [0.717, 1.165) is 13.0 Å². The summed E-state index contributed by atoms with van der Waals surface area (Å²) in [4.78, 5) is 21.7. The lowest BCUT2D eigenvalue weighted by Gasteiger charge is -2.00. The van der Waals surface area contributed by atoms with Gasteiger partial charge < -0.3 is 10.2 Å². The van der Waals surface area contributed by atoms with Gasteiger partial charge in [0, 0.05) is 13.0 Å². The fourth-order valence-corrected chi connectivity index (χ4v) is 0.902. The molecular formula is C9H8O4. The number of hydrogen-bond donors (Lipinski definition) is 2. The number of carbonyl (C=O) groups is 2. The van der Waals surface area contributed by atoms with Gasteiger partial charge >= 0.3 is 0 Å². The number of hydrogen-bond acceptors (Lipinski definition) is 4. The summed E-state index contributed by atoms with van der Waals surface area (Å²) >= 11 is 0. The Labute approximate surface area is 74.4 Å². The van der Waals surface area contributed by atoms with E-state index in [0.29, 0.717) is 0 Å². The van der Waals surface area contributed by atoms with E-state index in [1.54, 1.807) is 0 Å². The normalized spacial score (nSPS) is 9.62. The van der Waals surface area contributed by atoms with Gasteiger partial charge in [-0.05, 0) is 12.1 Å². The first-order chi connectivity index (χ1) is 6.02. The molecular weight excluding hydrogens is 172 g/mol. The number of carbonyl (C=O) groups excluding carboxylic acids is 2. The Balaban J connectivity index is 3.16. The molecule has 0 saturated heterocycles. The highest BCUT2D eigenvalue weighted by atomic mass is 16.3. The molecule has 0 radical (unpaired) electrons. The number of rotatable bonds is 2. The first kappa shape index (κ1) is 9.25. The molecule has 13 heavy (non-hydrogen) atoms. The standard InChI is InChI=1S/C9H8O4/c1-5(10)9(13)7-3-2-6(11)4-8(7)12/h2-4,11-12H,1H3. The zero-order valence-corrected chi connectivity index (χ0v) is 6.94. The van der Waals surface area contributed by atoms with E-state index in [-0.39, 0.29) is 17.1 Å². The van der Waals surface area contributed by atoms with Crippen molar-refractivity contribution in [3.8, 4) is 11.5 Å². The van der Waals surface area contributed by atoms with Crippen LogP contribution in [-0.2, 0) is 4.79 Å². The van der Waals surface area contributed by atoms with Crippen LogP contribution in [0.4, 0.5) is 0 Å². The Kier molecular flexibility index (Phi) is 2.32. The van der Waals surface area contributed by atoms with E-state index in [9.17, 15) is 14.7 Å². The molecule has 0 fully saturated rings. The zero-order valence-electron chi connectivity index (χ0n) is 6.94. The number of Topliss-reactive ketones (excluding diaryl/α,β-unsaturated/α-hetero) is 2. The van der Waals surface area contributed by atoms with E-state index in [4.69, 9.17) is 5.11 Å². The van der Waals surface area contributed by atoms with Crippen LogP contribution in [0, 0.1) is 0 Å². The van der Waals surface area contributed by atoms with Crippen LogP contribution in [0.15, 0.2) is 18.2 Å². The fourth-order valence-electron chi connectivity index (χ4n) is 0.902. The van der Waals surface area contributed by atoms with Crippen LogP contribution in [-0.4, -0.2) is 21.8 Å². The van der Waals surface area contributed by atoms with Gasteiger partial charge in [-0.2, -0.15) is 0 Å². The van der Waals surface area contributed by atoms with Crippen molar-refractivity contribution >= 4 is 11.6 Å². The molecule has 0 bridgehead atoms. The fraction of sp³-hybridized carbons (Fsp3) is 0.111. The van der Waals surface area contributed by atoms with Crippen LogP contribution in [0.25, 0.3) is 0 Å². The molecule has 0 heterocycles. The van der Waals surface area contributed by atoms with Crippen LogP contribution >= 0.6 is 0 Å². The number of phenols is 2. The van der Waals surface area contributed by atoms with E-state index >= 15 is 0 Å². The number of benzene rings is 1. The van der Waals surface area contributed by atoms with Crippen molar-refractivity contribution in [1.82, 2.24) is 0 Å². The average molecular weight is 180 g/mol. The zero-order chi connectivity index (χ0) is 10.0. The Morgan fingerprint density at radius 2 is 1.85 bits per heavy atom. The molecule has 0 amide bonds. The van der Waals surface area contributed by atoms with Crippen molar-refractivity contribution in [2.45, 2.75) is 6.92 Å². The summed E-state index contributed by atoms with van der Waals surface area (Å²) in [6.07, 6.45) is 0. The molecule has 0 saturated carbocycles. The maximum absolute atomic E-state index is 11.1. The lowest BCUT2D eigenvalue weighted by atomic mass is 10.1. The van der Waals surface area contributed by atoms with Crippen molar-refractivity contribution in [2.24, 2.45) is 0 Å². The van der Waals surface area contributed by atoms with Gasteiger partial charge in [0.1, 0.15) is 11.5 Å². The van der Waals surface area contributed by atoms with Gasteiger partial charge in [-0.15, -0.1) is 0 Å². The van der Waals surface area contributed by atoms with E-state index < -0.39 is 11.6 Å². The number of ketones is 2. The minimum absolute atomic E-state index is 0.0923. The molecule has 2 N–H and O–H groups in total. The summed E-state index contributed by atoms with van der Waals surface area (Å²) in [5, 5.41) is 18.1. The smallest absolute Gasteiger partial charge is 0.231 e. The highest BCUT2D eigenvalue weighted by Gasteiger charge is 2.15. The van der Waals surface area contributed by atoms with Gasteiger partial charge in [0.05, 0.1) is 5.56 Å².